The number of aliphatic hydroxyl groups excluding tert-OH is 1. The van der Waals surface area contributed by atoms with E-state index in [1.54, 1.807) is 4.57 Å². The lowest BCUT2D eigenvalue weighted by Crippen LogP contribution is -2.43. The maximum atomic E-state index is 11.8. The van der Waals surface area contributed by atoms with E-state index in [-0.39, 0.29) is 29.0 Å². The van der Waals surface area contributed by atoms with Crippen LogP contribution >= 0.6 is 11.6 Å². The van der Waals surface area contributed by atoms with Gasteiger partial charge in [-0.05, 0) is 43.9 Å². The number of ether oxygens (including phenoxy) is 1. The Labute approximate surface area is 163 Å². The van der Waals surface area contributed by atoms with Crippen molar-refractivity contribution in [3.8, 4) is 0 Å². The summed E-state index contributed by atoms with van der Waals surface area (Å²) in [5, 5.41) is 23.4. The number of aromatic nitrogens is 3. The van der Waals surface area contributed by atoms with Crippen LogP contribution in [0.25, 0.3) is 11.0 Å². The van der Waals surface area contributed by atoms with Crippen LogP contribution in [0, 0.1) is 5.41 Å². The van der Waals surface area contributed by atoms with Gasteiger partial charge in [0.25, 0.3) is 0 Å². The van der Waals surface area contributed by atoms with Gasteiger partial charge in [0, 0.05) is 18.1 Å². The van der Waals surface area contributed by atoms with E-state index in [4.69, 9.17) is 16.3 Å². The van der Waals surface area contributed by atoms with Crippen molar-refractivity contribution in [2.24, 2.45) is 5.41 Å². The van der Waals surface area contributed by atoms with Crippen molar-refractivity contribution in [1.29, 1.82) is 0 Å². The molecule has 2 atom stereocenters. The first-order valence-corrected chi connectivity index (χ1v) is 9.03. The van der Waals surface area contributed by atoms with Gasteiger partial charge >= 0.3 is 5.97 Å². The Balaban J connectivity index is 2.46. The molecule has 2 aromatic heterocycles. The van der Waals surface area contributed by atoms with Gasteiger partial charge in [-0.25, -0.2) is 9.78 Å². The van der Waals surface area contributed by atoms with E-state index >= 15 is 0 Å². The van der Waals surface area contributed by atoms with Crippen LogP contribution < -0.4 is 5.32 Å². The zero-order valence-electron chi connectivity index (χ0n) is 16.4. The Bertz CT molecular complexity index is 823. The summed E-state index contributed by atoms with van der Waals surface area (Å²) in [5.74, 6) is -1.08. The number of nitrogens with zero attached hydrogens (tertiary/aromatic N) is 3. The zero-order chi connectivity index (χ0) is 20.6. The number of rotatable bonds is 6. The van der Waals surface area contributed by atoms with Gasteiger partial charge in [-0.15, -0.1) is 0 Å². The molecule has 0 aliphatic carbocycles. The minimum absolute atomic E-state index is 0.0375. The van der Waals surface area contributed by atoms with Crippen LogP contribution in [0.15, 0.2) is 12.3 Å². The number of carbonyl (C=O) groups is 1. The second-order valence-electron chi connectivity index (χ2n) is 8.50. The molecular formula is C18H27ClN4O4. The highest BCUT2D eigenvalue weighted by molar-refractivity contribution is 6.28. The number of carboxylic acids is 1. The van der Waals surface area contributed by atoms with E-state index in [1.165, 1.54) is 12.3 Å². The lowest BCUT2D eigenvalue weighted by molar-refractivity contribution is -0.182. The Hall–Kier alpha value is -1.74. The third kappa shape index (κ3) is 5.38. The predicted molar refractivity (Wildman–Crippen MR) is 103 cm³/mol. The van der Waals surface area contributed by atoms with Crippen molar-refractivity contribution in [2.75, 3.05) is 6.54 Å². The average molecular weight is 399 g/mol. The number of hydrogen-bond acceptors (Lipinski definition) is 6. The van der Waals surface area contributed by atoms with E-state index < -0.39 is 18.0 Å². The highest BCUT2D eigenvalue weighted by Gasteiger charge is 2.32. The van der Waals surface area contributed by atoms with E-state index in [9.17, 15) is 15.0 Å². The molecule has 2 aromatic rings. The van der Waals surface area contributed by atoms with E-state index in [2.05, 4.69) is 15.3 Å². The Morgan fingerprint density at radius 1 is 1.33 bits per heavy atom. The molecule has 2 rings (SSSR count). The van der Waals surface area contributed by atoms with Gasteiger partial charge in [-0.2, -0.15) is 4.98 Å². The second-order valence-corrected chi connectivity index (χ2v) is 8.83. The Morgan fingerprint density at radius 3 is 2.48 bits per heavy atom. The third-order valence-corrected chi connectivity index (χ3v) is 4.21. The summed E-state index contributed by atoms with van der Waals surface area (Å²) >= 11 is 5.94. The highest BCUT2D eigenvalue weighted by atomic mass is 35.5. The van der Waals surface area contributed by atoms with E-state index in [0.717, 1.165) is 0 Å². The Kier molecular flexibility index (Phi) is 6.16. The van der Waals surface area contributed by atoms with Gasteiger partial charge in [-0.1, -0.05) is 20.8 Å². The topological polar surface area (TPSA) is 110 Å². The molecule has 0 saturated carbocycles. The molecule has 150 valence electrons. The summed E-state index contributed by atoms with van der Waals surface area (Å²) in [7, 11) is 0. The molecule has 0 radical (unpaired) electrons. The quantitative estimate of drug-likeness (QED) is 0.506. The molecule has 0 bridgehead atoms. The van der Waals surface area contributed by atoms with Crippen LogP contribution in [0.3, 0.4) is 0 Å². The number of halogens is 1. The maximum absolute atomic E-state index is 11.8. The summed E-state index contributed by atoms with van der Waals surface area (Å²) in [5.41, 5.74) is -0.381. The van der Waals surface area contributed by atoms with E-state index in [1.807, 2.05) is 41.5 Å². The fourth-order valence-electron chi connectivity index (χ4n) is 2.84. The molecule has 0 aromatic carbocycles. The van der Waals surface area contributed by atoms with E-state index in [0.29, 0.717) is 11.0 Å². The van der Waals surface area contributed by atoms with Crippen LogP contribution in [0.1, 0.15) is 58.1 Å². The SMILES string of the molecule is CC(C)(C)OC(O)NC[C@@H](n1c(C(=O)O)cc2cnc(Cl)nc21)C(C)(C)C. The minimum atomic E-state index is -1.19. The monoisotopic (exact) mass is 398 g/mol. The fourth-order valence-corrected chi connectivity index (χ4v) is 2.97. The first kappa shape index (κ1) is 21.6. The van der Waals surface area contributed by atoms with Crippen molar-refractivity contribution in [3.63, 3.8) is 0 Å². The van der Waals surface area contributed by atoms with Gasteiger partial charge in [0.05, 0.1) is 11.6 Å². The summed E-state index contributed by atoms with van der Waals surface area (Å²) in [6.07, 6.45) is 0.307. The van der Waals surface area contributed by atoms with Crippen molar-refractivity contribution in [3.05, 3.63) is 23.2 Å². The molecule has 0 aliphatic heterocycles. The van der Waals surface area contributed by atoms with Crippen LogP contribution in [0.2, 0.25) is 5.28 Å². The molecule has 9 heteroatoms. The zero-order valence-corrected chi connectivity index (χ0v) is 17.2. The molecule has 0 saturated heterocycles. The number of carboxylic acid groups (broad SMARTS) is 1. The first-order chi connectivity index (χ1) is 12.3. The smallest absolute Gasteiger partial charge is 0.352 e. The second kappa shape index (κ2) is 7.71. The molecular weight excluding hydrogens is 372 g/mol. The lowest BCUT2D eigenvalue weighted by Gasteiger charge is -2.35. The summed E-state index contributed by atoms with van der Waals surface area (Å²) in [6.45, 7) is 11.7. The number of aromatic carboxylic acids is 1. The van der Waals surface area contributed by atoms with Gasteiger partial charge in [0.2, 0.25) is 11.7 Å². The molecule has 0 spiro atoms. The largest absolute Gasteiger partial charge is 0.477 e. The van der Waals surface area contributed by atoms with Crippen molar-refractivity contribution >= 4 is 28.6 Å². The van der Waals surface area contributed by atoms with Crippen molar-refractivity contribution in [1.82, 2.24) is 19.9 Å². The fraction of sp³-hybridized carbons (Fsp3) is 0.611. The van der Waals surface area contributed by atoms with Gasteiger partial charge < -0.3 is 19.5 Å². The van der Waals surface area contributed by atoms with Crippen molar-refractivity contribution in [2.45, 2.75) is 59.6 Å². The molecule has 27 heavy (non-hydrogen) atoms. The van der Waals surface area contributed by atoms with Gasteiger partial charge in [0.15, 0.2) is 0 Å². The molecule has 0 fully saturated rings. The standard InChI is InChI=1S/C18H27ClN4O4/c1-17(2,3)12(9-21-16(26)27-18(4,5)6)23-11(14(24)25)7-10-8-20-15(19)22-13(10)23/h7-8,12,16,21,26H,9H2,1-6H3,(H,24,25)/t12-,16?/m1/s1. The third-order valence-electron chi connectivity index (χ3n) is 4.03. The number of hydrogen-bond donors (Lipinski definition) is 3. The molecule has 8 nitrogen and oxygen atoms in total. The summed E-state index contributed by atoms with van der Waals surface area (Å²) < 4.78 is 7.10. The van der Waals surface area contributed by atoms with Crippen LogP contribution in [-0.2, 0) is 4.74 Å². The molecule has 3 N–H and O–H groups in total. The van der Waals surface area contributed by atoms with Crippen LogP contribution in [0.4, 0.5) is 0 Å². The van der Waals surface area contributed by atoms with Crippen LogP contribution in [-0.4, -0.2) is 49.3 Å². The first-order valence-electron chi connectivity index (χ1n) is 8.65. The normalized spacial score (nSPS) is 15.1. The predicted octanol–water partition coefficient (Wildman–Crippen LogP) is 3.05. The van der Waals surface area contributed by atoms with Crippen molar-refractivity contribution < 1.29 is 19.7 Å². The van der Waals surface area contributed by atoms with Gasteiger partial charge in [-0.3, -0.25) is 5.32 Å². The highest BCUT2D eigenvalue weighted by Crippen LogP contribution is 2.35. The molecule has 0 amide bonds. The number of aliphatic hydroxyl groups is 1. The summed E-state index contributed by atoms with van der Waals surface area (Å²) in [6, 6.07) is 1.17. The molecule has 0 aliphatic rings. The lowest BCUT2D eigenvalue weighted by atomic mass is 9.86. The summed E-state index contributed by atoms with van der Waals surface area (Å²) in [4.78, 5) is 20.0. The molecule has 2 heterocycles. The molecule has 1 unspecified atom stereocenters. The van der Waals surface area contributed by atoms with Crippen LogP contribution in [0.5, 0.6) is 0 Å². The number of fused-ring (bicyclic) bond motifs is 1. The Morgan fingerprint density at radius 2 is 1.96 bits per heavy atom. The maximum Gasteiger partial charge on any atom is 0.352 e. The number of nitrogens with one attached hydrogen (secondary N) is 1. The minimum Gasteiger partial charge on any atom is -0.477 e. The average Bonchev–Trinajstić information content (AvgIpc) is 2.83. The van der Waals surface area contributed by atoms with Gasteiger partial charge in [0.1, 0.15) is 11.3 Å².